The van der Waals surface area contributed by atoms with Gasteiger partial charge in [-0.2, -0.15) is 5.10 Å². The van der Waals surface area contributed by atoms with Crippen molar-refractivity contribution in [3.63, 3.8) is 0 Å². The van der Waals surface area contributed by atoms with E-state index in [1.54, 1.807) is 28.2 Å². The number of imidazole rings is 1. The molecule has 0 atom stereocenters. The van der Waals surface area contributed by atoms with Crippen molar-refractivity contribution in [2.24, 2.45) is 0 Å². The van der Waals surface area contributed by atoms with Crippen LogP contribution in [0.2, 0.25) is 5.02 Å². The van der Waals surface area contributed by atoms with Crippen LogP contribution in [0.15, 0.2) is 42.9 Å². The number of hydrogen-bond acceptors (Lipinski definition) is 4. The Bertz CT molecular complexity index is 997. The molecule has 1 aromatic carbocycles. The molecular formula is C20H21ClN6O2. The van der Waals surface area contributed by atoms with Crippen LogP contribution < -0.4 is 5.32 Å². The van der Waals surface area contributed by atoms with Gasteiger partial charge < -0.3 is 15.2 Å². The standard InChI is InChI=1S/C20H21ClN6O2/c21-15-4-2-14(3-5-15)12-26-8-1-9-27-18(20(26)29)10-17(25-27)19(28)23-7-6-16-11-22-13-24-16/h2-5,10-11,13H,1,6-9,12H2,(H,22,24)(H,23,28). The van der Waals surface area contributed by atoms with Crippen LogP contribution in [0.25, 0.3) is 0 Å². The molecule has 29 heavy (non-hydrogen) atoms. The number of rotatable bonds is 6. The zero-order valence-electron chi connectivity index (χ0n) is 15.8. The predicted molar refractivity (Wildman–Crippen MR) is 108 cm³/mol. The summed E-state index contributed by atoms with van der Waals surface area (Å²) in [6.07, 6.45) is 4.74. The topological polar surface area (TPSA) is 95.9 Å². The monoisotopic (exact) mass is 412 g/mol. The van der Waals surface area contributed by atoms with Gasteiger partial charge in [-0.3, -0.25) is 14.3 Å². The van der Waals surface area contributed by atoms with Crippen LogP contribution in [0, 0.1) is 0 Å². The summed E-state index contributed by atoms with van der Waals surface area (Å²) in [5.74, 6) is -0.413. The van der Waals surface area contributed by atoms with Crippen LogP contribution in [0.5, 0.6) is 0 Å². The van der Waals surface area contributed by atoms with Gasteiger partial charge in [0.05, 0.1) is 6.33 Å². The summed E-state index contributed by atoms with van der Waals surface area (Å²) in [5.41, 5.74) is 2.65. The lowest BCUT2D eigenvalue weighted by atomic mass is 10.2. The van der Waals surface area contributed by atoms with Crippen LogP contribution in [0.1, 0.15) is 38.7 Å². The Morgan fingerprint density at radius 3 is 2.83 bits per heavy atom. The van der Waals surface area contributed by atoms with Crippen molar-refractivity contribution in [2.45, 2.75) is 25.9 Å². The van der Waals surface area contributed by atoms with Gasteiger partial charge in [0.1, 0.15) is 5.69 Å². The third-order valence-corrected chi connectivity index (χ3v) is 5.09. The van der Waals surface area contributed by atoms with E-state index < -0.39 is 0 Å². The van der Waals surface area contributed by atoms with Gasteiger partial charge in [0, 0.05) is 55.6 Å². The van der Waals surface area contributed by atoms with Crippen molar-refractivity contribution in [1.82, 2.24) is 30.0 Å². The minimum absolute atomic E-state index is 0.124. The lowest BCUT2D eigenvalue weighted by Gasteiger charge is -2.20. The number of hydrogen-bond donors (Lipinski definition) is 2. The second-order valence-corrected chi connectivity index (χ2v) is 7.36. The molecule has 1 aliphatic heterocycles. The lowest BCUT2D eigenvalue weighted by molar-refractivity contribution is 0.0745. The normalized spacial score (nSPS) is 13.8. The highest BCUT2D eigenvalue weighted by Gasteiger charge is 2.26. The molecule has 0 unspecified atom stereocenters. The molecule has 9 heteroatoms. The first-order chi connectivity index (χ1) is 14.1. The van der Waals surface area contributed by atoms with Crippen molar-refractivity contribution in [2.75, 3.05) is 13.1 Å². The first-order valence-electron chi connectivity index (χ1n) is 9.47. The van der Waals surface area contributed by atoms with Gasteiger partial charge in [-0.05, 0) is 24.1 Å². The number of aryl methyl sites for hydroxylation is 1. The van der Waals surface area contributed by atoms with Gasteiger partial charge in [-0.15, -0.1) is 0 Å². The Morgan fingerprint density at radius 1 is 1.24 bits per heavy atom. The molecular weight excluding hydrogens is 392 g/mol. The maximum Gasteiger partial charge on any atom is 0.272 e. The Kier molecular flexibility index (Phi) is 5.62. The first-order valence-corrected chi connectivity index (χ1v) is 9.85. The smallest absolute Gasteiger partial charge is 0.272 e. The minimum atomic E-state index is -0.290. The van der Waals surface area contributed by atoms with Gasteiger partial charge >= 0.3 is 0 Å². The summed E-state index contributed by atoms with van der Waals surface area (Å²) in [4.78, 5) is 34.2. The fourth-order valence-electron chi connectivity index (χ4n) is 3.33. The summed E-state index contributed by atoms with van der Waals surface area (Å²) < 4.78 is 1.63. The summed E-state index contributed by atoms with van der Waals surface area (Å²) in [7, 11) is 0. The van der Waals surface area contributed by atoms with Crippen LogP contribution >= 0.6 is 11.6 Å². The van der Waals surface area contributed by atoms with Crippen LogP contribution in [-0.2, 0) is 19.5 Å². The van der Waals surface area contributed by atoms with Gasteiger partial charge in [0.15, 0.2) is 5.69 Å². The lowest BCUT2D eigenvalue weighted by Crippen LogP contribution is -2.30. The maximum absolute atomic E-state index is 13.0. The van der Waals surface area contributed by atoms with Crippen molar-refractivity contribution in [3.05, 3.63) is 70.5 Å². The molecule has 3 heterocycles. The van der Waals surface area contributed by atoms with Gasteiger partial charge in [-0.25, -0.2) is 4.98 Å². The fourth-order valence-corrected chi connectivity index (χ4v) is 3.45. The molecule has 2 aromatic heterocycles. The highest BCUT2D eigenvalue weighted by Crippen LogP contribution is 2.18. The molecule has 1 aliphatic rings. The quantitative estimate of drug-likeness (QED) is 0.649. The van der Waals surface area contributed by atoms with Crippen LogP contribution in [0.3, 0.4) is 0 Å². The number of aromatic amines is 1. The Balaban J connectivity index is 1.43. The van der Waals surface area contributed by atoms with E-state index in [-0.39, 0.29) is 17.5 Å². The molecule has 0 bridgehead atoms. The highest BCUT2D eigenvalue weighted by atomic mass is 35.5. The van der Waals surface area contributed by atoms with E-state index in [2.05, 4.69) is 20.4 Å². The van der Waals surface area contributed by atoms with E-state index in [1.807, 2.05) is 24.3 Å². The summed E-state index contributed by atoms with van der Waals surface area (Å²) in [5, 5.41) is 7.85. The van der Waals surface area contributed by atoms with E-state index in [9.17, 15) is 9.59 Å². The number of aromatic nitrogens is 4. The molecule has 0 saturated heterocycles. The number of nitrogens with one attached hydrogen (secondary N) is 2. The zero-order chi connectivity index (χ0) is 20.2. The number of nitrogens with zero attached hydrogens (tertiary/aromatic N) is 4. The molecule has 0 spiro atoms. The predicted octanol–water partition coefficient (Wildman–Crippen LogP) is 2.28. The Morgan fingerprint density at radius 2 is 2.07 bits per heavy atom. The zero-order valence-corrected chi connectivity index (χ0v) is 16.5. The molecule has 0 aliphatic carbocycles. The van der Waals surface area contributed by atoms with Gasteiger partial charge in [-0.1, -0.05) is 23.7 Å². The summed E-state index contributed by atoms with van der Waals surface area (Å²) >= 11 is 5.94. The van der Waals surface area contributed by atoms with Crippen LogP contribution in [0.4, 0.5) is 0 Å². The Hall–Kier alpha value is -3.13. The maximum atomic E-state index is 13.0. The number of amides is 2. The van der Waals surface area contributed by atoms with Crippen molar-refractivity contribution in [1.29, 1.82) is 0 Å². The van der Waals surface area contributed by atoms with Crippen LogP contribution in [-0.4, -0.2) is 49.6 Å². The molecule has 150 valence electrons. The van der Waals surface area contributed by atoms with Gasteiger partial charge in [0.25, 0.3) is 11.8 Å². The number of fused-ring (bicyclic) bond motifs is 1. The van der Waals surface area contributed by atoms with E-state index >= 15 is 0 Å². The molecule has 8 nitrogen and oxygen atoms in total. The molecule has 2 amide bonds. The highest BCUT2D eigenvalue weighted by molar-refractivity contribution is 6.30. The second kappa shape index (κ2) is 8.48. The number of carbonyl (C=O) groups excluding carboxylic acids is 2. The number of carbonyl (C=O) groups is 2. The van der Waals surface area contributed by atoms with Crippen molar-refractivity contribution >= 4 is 23.4 Å². The third kappa shape index (κ3) is 4.48. The summed E-state index contributed by atoms with van der Waals surface area (Å²) in [6, 6.07) is 9.03. The molecule has 0 saturated carbocycles. The van der Waals surface area contributed by atoms with Gasteiger partial charge in [0.2, 0.25) is 0 Å². The van der Waals surface area contributed by atoms with Crippen molar-refractivity contribution < 1.29 is 9.59 Å². The SMILES string of the molecule is O=C(NCCc1cnc[nH]1)c1cc2n(n1)CCCN(Cc1ccc(Cl)cc1)C2=O. The molecule has 3 aromatic rings. The third-order valence-electron chi connectivity index (χ3n) is 4.84. The van der Waals surface area contributed by atoms with E-state index in [4.69, 9.17) is 11.6 Å². The van der Waals surface area contributed by atoms with E-state index in [0.29, 0.717) is 43.3 Å². The average Bonchev–Trinajstić information content (AvgIpc) is 3.36. The molecule has 4 rings (SSSR count). The molecule has 0 radical (unpaired) electrons. The molecule has 0 fully saturated rings. The number of H-pyrrole nitrogens is 1. The number of benzene rings is 1. The summed E-state index contributed by atoms with van der Waals surface area (Å²) in [6.45, 7) is 2.18. The number of halogens is 1. The van der Waals surface area contributed by atoms with Crippen molar-refractivity contribution in [3.8, 4) is 0 Å². The largest absolute Gasteiger partial charge is 0.350 e. The minimum Gasteiger partial charge on any atom is -0.350 e. The fraction of sp³-hybridized carbons (Fsp3) is 0.300. The Labute approximate surface area is 172 Å². The first kappa shape index (κ1) is 19.2. The average molecular weight is 413 g/mol. The van der Waals surface area contributed by atoms with E-state index in [0.717, 1.165) is 17.7 Å². The molecule has 2 N–H and O–H groups in total. The second-order valence-electron chi connectivity index (χ2n) is 6.93. The van der Waals surface area contributed by atoms with E-state index in [1.165, 1.54) is 0 Å².